The summed E-state index contributed by atoms with van der Waals surface area (Å²) in [6.45, 7) is 8.09. The highest BCUT2D eigenvalue weighted by Crippen LogP contribution is 2.30. The van der Waals surface area contributed by atoms with Crippen molar-refractivity contribution in [2.24, 2.45) is 0 Å². The number of fused-ring (bicyclic) bond motifs is 3. The first-order chi connectivity index (χ1) is 14.4. The van der Waals surface area contributed by atoms with Crippen LogP contribution in [-0.2, 0) is 11.5 Å². The molecule has 0 aliphatic rings. The smallest absolute Gasteiger partial charge is 0.222 e. The van der Waals surface area contributed by atoms with Crippen molar-refractivity contribution in [1.29, 1.82) is 0 Å². The third-order valence-corrected chi connectivity index (χ3v) is 6.67. The van der Waals surface area contributed by atoms with Crippen LogP contribution in [0.2, 0.25) is 31.0 Å². The van der Waals surface area contributed by atoms with Crippen LogP contribution in [-0.4, -0.2) is 51.3 Å². The predicted octanol–water partition coefficient (Wildman–Crippen LogP) is 4.41. The van der Waals surface area contributed by atoms with Crippen molar-refractivity contribution < 1.29 is 9.47 Å². The fourth-order valence-electron chi connectivity index (χ4n) is 3.08. The van der Waals surface area contributed by atoms with Gasteiger partial charge in [0.15, 0.2) is 5.82 Å². The first-order valence-electron chi connectivity index (χ1n) is 9.60. The van der Waals surface area contributed by atoms with Crippen LogP contribution in [0.1, 0.15) is 0 Å². The number of nitrogens with zero attached hydrogens (tertiary/aromatic N) is 6. The minimum Gasteiger partial charge on any atom is -0.481 e. The maximum atomic E-state index is 6.04. The molecule has 4 rings (SSSR count). The Bertz CT molecular complexity index is 1190. The summed E-state index contributed by atoms with van der Waals surface area (Å²) in [7, 11) is 0.428. The molecule has 0 bridgehead atoms. The number of methoxy groups -OCH3 is 1. The molecular formula is C20H23ClN6O2Si. The topological polar surface area (TPSA) is 87.8 Å². The van der Waals surface area contributed by atoms with Gasteiger partial charge in [0.2, 0.25) is 11.2 Å². The Morgan fingerprint density at radius 2 is 1.73 bits per heavy atom. The molecule has 156 valence electrons. The summed E-state index contributed by atoms with van der Waals surface area (Å²) in [6.07, 6.45) is 6.79. The van der Waals surface area contributed by atoms with Crippen molar-refractivity contribution in [2.45, 2.75) is 32.4 Å². The number of ether oxygens (including phenoxy) is 2. The Balaban J connectivity index is 1.78. The van der Waals surface area contributed by atoms with Gasteiger partial charge in [-0.15, -0.1) is 0 Å². The standard InChI is InChI=1S/C20H23ClN6O2Si/c1-28-17-7-16-14(10-22-17)15-11-23-18(13-8-24-20(21)25-9-13)26-19(15)27(16)12-29-5-6-30(2,3)4/h7-11H,5-6,12H2,1-4H3. The van der Waals surface area contributed by atoms with E-state index in [0.29, 0.717) is 30.6 Å². The molecule has 0 aliphatic heterocycles. The van der Waals surface area contributed by atoms with Crippen LogP contribution in [0.4, 0.5) is 0 Å². The maximum Gasteiger partial charge on any atom is 0.222 e. The quantitative estimate of drug-likeness (QED) is 0.238. The third kappa shape index (κ3) is 4.28. The van der Waals surface area contributed by atoms with Gasteiger partial charge in [-0.25, -0.2) is 24.9 Å². The highest BCUT2D eigenvalue weighted by molar-refractivity contribution is 6.76. The van der Waals surface area contributed by atoms with Gasteiger partial charge in [0.25, 0.3) is 0 Å². The SMILES string of the molecule is COc1cc2c(cn1)c1cnc(-c3cnc(Cl)nc3)nc1n2COCC[Si](C)(C)C. The van der Waals surface area contributed by atoms with Crippen LogP contribution >= 0.6 is 11.6 Å². The van der Waals surface area contributed by atoms with Crippen LogP contribution in [0, 0.1) is 0 Å². The summed E-state index contributed by atoms with van der Waals surface area (Å²) in [5.41, 5.74) is 2.38. The van der Waals surface area contributed by atoms with E-state index in [1.54, 1.807) is 31.9 Å². The zero-order valence-corrected chi connectivity index (χ0v) is 19.1. The van der Waals surface area contributed by atoms with E-state index in [4.69, 9.17) is 26.1 Å². The maximum absolute atomic E-state index is 6.04. The molecule has 0 atom stereocenters. The molecule has 0 unspecified atom stereocenters. The number of hydrogen-bond acceptors (Lipinski definition) is 7. The van der Waals surface area contributed by atoms with Crippen LogP contribution < -0.4 is 4.74 Å². The molecule has 0 saturated carbocycles. The molecular weight excluding hydrogens is 420 g/mol. The van der Waals surface area contributed by atoms with Crippen LogP contribution in [0.3, 0.4) is 0 Å². The van der Waals surface area contributed by atoms with Crippen molar-refractivity contribution >= 4 is 41.6 Å². The molecule has 0 amide bonds. The predicted molar refractivity (Wildman–Crippen MR) is 120 cm³/mol. The molecule has 0 N–H and O–H groups in total. The molecule has 10 heteroatoms. The van der Waals surface area contributed by atoms with Gasteiger partial charge in [-0.05, 0) is 17.6 Å². The molecule has 30 heavy (non-hydrogen) atoms. The van der Waals surface area contributed by atoms with E-state index in [1.165, 1.54) is 0 Å². The minimum atomic E-state index is -1.17. The van der Waals surface area contributed by atoms with Gasteiger partial charge >= 0.3 is 0 Å². The second-order valence-corrected chi connectivity index (χ2v) is 14.2. The number of aromatic nitrogens is 6. The molecule has 4 aromatic heterocycles. The largest absolute Gasteiger partial charge is 0.481 e. The molecule has 4 heterocycles. The molecule has 0 saturated heterocycles. The average molecular weight is 443 g/mol. The van der Waals surface area contributed by atoms with Crippen LogP contribution in [0.15, 0.2) is 30.9 Å². The lowest BCUT2D eigenvalue weighted by Gasteiger charge is -2.16. The van der Waals surface area contributed by atoms with E-state index in [0.717, 1.165) is 28.0 Å². The summed E-state index contributed by atoms with van der Waals surface area (Å²) in [6, 6.07) is 2.99. The number of rotatable bonds is 7. The van der Waals surface area contributed by atoms with Crippen molar-refractivity contribution in [3.05, 3.63) is 36.1 Å². The first kappa shape index (κ1) is 20.6. The number of halogens is 1. The van der Waals surface area contributed by atoms with Gasteiger partial charge in [0.1, 0.15) is 12.4 Å². The monoisotopic (exact) mass is 442 g/mol. The van der Waals surface area contributed by atoms with Crippen molar-refractivity contribution in [1.82, 2.24) is 29.5 Å². The van der Waals surface area contributed by atoms with Gasteiger partial charge in [0.05, 0.1) is 18.2 Å². The highest BCUT2D eigenvalue weighted by Gasteiger charge is 2.17. The lowest BCUT2D eigenvalue weighted by molar-refractivity contribution is 0.0925. The zero-order valence-electron chi connectivity index (χ0n) is 17.4. The van der Waals surface area contributed by atoms with E-state index in [-0.39, 0.29) is 5.28 Å². The minimum absolute atomic E-state index is 0.183. The van der Waals surface area contributed by atoms with E-state index in [2.05, 4.69) is 39.6 Å². The Morgan fingerprint density at radius 1 is 1.00 bits per heavy atom. The average Bonchev–Trinajstić information content (AvgIpc) is 3.03. The molecule has 0 spiro atoms. The van der Waals surface area contributed by atoms with Crippen molar-refractivity contribution in [2.75, 3.05) is 13.7 Å². The van der Waals surface area contributed by atoms with E-state index in [9.17, 15) is 0 Å². The molecule has 0 fully saturated rings. The van der Waals surface area contributed by atoms with E-state index in [1.807, 2.05) is 10.6 Å². The van der Waals surface area contributed by atoms with E-state index >= 15 is 0 Å². The fraction of sp³-hybridized carbons (Fsp3) is 0.350. The molecule has 4 aromatic rings. The summed E-state index contributed by atoms with van der Waals surface area (Å²) in [4.78, 5) is 21.7. The number of hydrogen-bond donors (Lipinski definition) is 0. The Hall–Kier alpha value is -2.62. The molecule has 0 aromatic carbocycles. The second-order valence-electron chi connectivity index (χ2n) is 8.19. The Kier molecular flexibility index (Phi) is 5.68. The molecule has 0 aliphatic carbocycles. The van der Waals surface area contributed by atoms with Crippen molar-refractivity contribution in [3.8, 4) is 17.3 Å². The van der Waals surface area contributed by atoms with Gasteiger partial charge in [-0.3, -0.25) is 0 Å². The third-order valence-electron chi connectivity index (χ3n) is 4.77. The Morgan fingerprint density at radius 3 is 2.43 bits per heavy atom. The van der Waals surface area contributed by atoms with Crippen molar-refractivity contribution in [3.63, 3.8) is 0 Å². The zero-order chi connectivity index (χ0) is 21.3. The fourth-order valence-corrected chi connectivity index (χ4v) is 3.94. The van der Waals surface area contributed by atoms with Gasteiger partial charge < -0.3 is 14.0 Å². The van der Waals surface area contributed by atoms with Gasteiger partial charge in [-0.1, -0.05) is 19.6 Å². The molecule has 8 nitrogen and oxygen atoms in total. The summed E-state index contributed by atoms with van der Waals surface area (Å²) in [5, 5.41) is 2.02. The first-order valence-corrected chi connectivity index (χ1v) is 13.7. The summed E-state index contributed by atoms with van der Waals surface area (Å²) >= 11 is 5.80. The van der Waals surface area contributed by atoms with Gasteiger partial charge in [-0.2, -0.15) is 0 Å². The highest BCUT2D eigenvalue weighted by atomic mass is 35.5. The normalized spacial score (nSPS) is 12.0. The van der Waals surface area contributed by atoms with E-state index < -0.39 is 8.07 Å². The van der Waals surface area contributed by atoms with Crippen LogP contribution in [0.25, 0.3) is 33.3 Å². The summed E-state index contributed by atoms with van der Waals surface area (Å²) < 4.78 is 13.4. The summed E-state index contributed by atoms with van der Waals surface area (Å²) in [5.74, 6) is 1.05. The Labute approximate surface area is 180 Å². The lowest BCUT2D eigenvalue weighted by atomic mass is 10.2. The number of pyridine rings is 1. The molecule has 0 radical (unpaired) electrons. The van der Waals surface area contributed by atoms with Crippen LogP contribution in [0.5, 0.6) is 5.88 Å². The lowest BCUT2D eigenvalue weighted by Crippen LogP contribution is -2.22. The second kappa shape index (κ2) is 8.25. The van der Waals surface area contributed by atoms with Gasteiger partial charge in [0, 0.05) is 56.3 Å².